The van der Waals surface area contributed by atoms with E-state index in [1.165, 1.54) is 35.4 Å². The molecule has 2 atom stereocenters. The summed E-state index contributed by atoms with van der Waals surface area (Å²) in [4.78, 5) is 14.7. The molecule has 1 aliphatic heterocycles. The minimum Gasteiger partial charge on any atom is -0.355 e. The van der Waals surface area contributed by atoms with Gasteiger partial charge in [0.1, 0.15) is 23.5 Å². The first kappa shape index (κ1) is 18.7. The fraction of sp³-hybridized carbons (Fsp3) is 0.412. The minimum atomic E-state index is -2.68. The maximum Gasteiger partial charge on any atom is 0.282 e. The third kappa shape index (κ3) is 3.53. The number of nitrogens with zero attached hydrogens (tertiary/aromatic N) is 6. The van der Waals surface area contributed by atoms with Gasteiger partial charge in [-0.2, -0.15) is 5.10 Å². The van der Waals surface area contributed by atoms with Gasteiger partial charge in [-0.1, -0.05) is 0 Å². The van der Waals surface area contributed by atoms with Crippen molar-refractivity contribution in [1.82, 2.24) is 24.6 Å². The van der Waals surface area contributed by atoms with Crippen LogP contribution in [0, 0.1) is 4.78 Å². The number of rotatable bonds is 4. The van der Waals surface area contributed by atoms with E-state index in [0.29, 0.717) is 29.4 Å². The van der Waals surface area contributed by atoms with Crippen molar-refractivity contribution in [1.29, 1.82) is 4.78 Å². The highest BCUT2D eigenvalue weighted by atomic mass is 32.2. The van der Waals surface area contributed by atoms with Crippen molar-refractivity contribution >= 4 is 21.2 Å². The van der Waals surface area contributed by atoms with Crippen LogP contribution in [-0.4, -0.2) is 53.4 Å². The van der Waals surface area contributed by atoms with Crippen molar-refractivity contribution < 1.29 is 13.0 Å². The Hall–Kier alpha value is -2.69. The number of nitrogens with one attached hydrogen (secondary N) is 1. The van der Waals surface area contributed by atoms with Gasteiger partial charge in [-0.3, -0.25) is 4.78 Å². The second kappa shape index (κ2) is 7.04. The summed E-state index contributed by atoms with van der Waals surface area (Å²) in [5.74, 6) is 0.637. The monoisotopic (exact) mass is 407 g/mol. The Kier molecular flexibility index (Phi) is 4.69. The van der Waals surface area contributed by atoms with Gasteiger partial charge in [0.25, 0.3) is 6.43 Å². The maximum absolute atomic E-state index is 13.0. The summed E-state index contributed by atoms with van der Waals surface area (Å²) < 4.78 is 47.4. The third-order valence-corrected chi connectivity index (χ3v) is 6.52. The molecular weight excluding hydrogens is 388 g/mol. The first-order valence-corrected chi connectivity index (χ1v) is 10.8. The van der Waals surface area contributed by atoms with Crippen molar-refractivity contribution in [3.63, 3.8) is 0 Å². The van der Waals surface area contributed by atoms with Gasteiger partial charge in [-0.15, -0.1) is 0 Å². The van der Waals surface area contributed by atoms with Gasteiger partial charge in [0.2, 0.25) is 0 Å². The lowest BCUT2D eigenvalue weighted by molar-refractivity contribution is 0.144. The van der Waals surface area contributed by atoms with Gasteiger partial charge in [-0.05, 0) is 25.0 Å². The molecule has 1 saturated heterocycles. The Morgan fingerprint density at radius 2 is 2.11 bits per heavy atom. The van der Waals surface area contributed by atoms with Crippen molar-refractivity contribution in [3.8, 4) is 11.4 Å². The Balaban J connectivity index is 1.70. The van der Waals surface area contributed by atoms with Crippen LogP contribution in [-0.2, 0) is 9.73 Å². The summed E-state index contributed by atoms with van der Waals surface area (Å²) in [5.41, 5.74) is 1.08. The average Bonchev–Trinajstić information content (AvgIpc) is 3.11. The quantitative estimate of drug-likeness (QED) is 0.714. The first-order valence-electron chi connectivity index (χ1n) is 8.76. The van der Waals surface area contributed by atoms with Crippen LogP contribution in [0.1, 0.15) is 25.0 Å². The smallest absolute Gasteiger partial charge is 0.282 e. The van der Waals surface area contributed by atoms with Crippen LogP contribution >= 0.6 is 0 Å². The van der Waals surface area contributed by atoms with Gasteiger partial charge in [0.15, 0.2) is 5.65 Å². The zero-order valence-corrected chi connectivity index (χ0v) is 15.9. The normalized spacial score (nSPS) is 19.9. The minimum absolute atomic E-state index is 0.217. The molecule has 1 N–H and O–H groups in total. The molecule has 0 radical (unpaired) electrons. The van der Waals surface area contributed by atoms with Gasteiger partial charge in [0.05, 0.1) is 17.1 Å². The summed E-state index contributed by atoms with van der Waals surface area (Å²) >= 11 is 0. The number of anilines is 1. The molecule has 0 spiro atoms. The highest BCUT2D eigenvalue weighted by molar-refractivity contribution is 7.92. The fourth-order valence-electron chi connectivity index (χ4n) is 3.35. The number of fused-ring (bicyclic) bond motifs is 1. The van der Waals surface area contributed by atoms with E-state index in [-0.39, 0.29) is 10.9 Å². The van der Waals surface area contributed by atoms with E-state index in [2.05, 4.69) is 20.1 Å². The molecule has 2 unspecified atom stereocenters. The summed E-state index contributed by atoms with van der Waals surface area (Å²) in [6.07, 6.45) is 3.29. The summed E-state index contributed by atoms with van der Waals surface area (Å²) in [5, 5.41) is 3.75. The Morgan fingerprint density at radius 3 is 2.86 bits per heavy atom. The summed E-state index contributed by atoms with van der Waals surface area (Å²) in [7, 11) is -2.64. The zero-order valence-electron chi connectivity index (χ0n) is 15.1. The molecule has 3 aromatic rings. The van der Waals surface area contributed by atoms with Crippen LogP contribution in [0.3, 0.4) is 0 Å². The molecular formula is C17H19F2N7OS. The summed E-state index contributed by atoms with van der Waals surface area (Å²) in [6.45, 7) is 1.22. The van der Waals surface area contributed by atoms with Gasteiger partial charge >= 0.3 is 0 Å². The number of piperidine rings is 1. The fourth-order valence-corrected chi connectivity index (χ4v) is 4.43. The van der Waals surface area contributed by atoms with Gasteiger partial charge in [-0.25, -0.2) is 32.5 Å². The molecule has 4 rings (SSSR count). The molecule has 0 aromatic carbocycles. The lowest BCUT2D eigenvalue weighted by Crippen LogP contribution is -2.42. The molecule has 0 bridgehead atoms. The van der Waals surface area contributed by atoms with E-state index >= 15 is 0 Å². The van der Waals surface area contributed by atoms with E-state index < -0.39 is 16.2 Å². The Morgan fingerprint density at radius 1 is 1.29 bits per heavy atom. The lowest BCUT2D eigenvalue weighted by Gasteiger charge is -2.33. The molecule has 1 aliphatic rings. The average molecular weight is 407 g/mol. The molecule has 28 heavy (non-hydrogen) atoms. The second-order valence-corrected chi connectivity index (χ2v) is 9.32. The summed E-state index contributed by atoms with van der Waals surface area (Å²) in [6, 6.07) is 4.48. The van der Waals surface area contributed by atoms with E-state index in [9.17, 15) is 13.0 Å². The molecule has 11 heteroatoms. The van der Waals surface area contributed by atoms with Crippen molar-refractivity contribution in [2.24, 2.45) is 0 Å². The number of alkyl halides is 2. The third-order valence-electron chi connectivity index (χ3n) is 4.86. The molecule has 0 aliphatic carbocycles. The number of aromatic nitrogens is 5. The predicted octanol–water partition coefficient (Wildman–Crippen LogP) is 2.77. The van der Waals surface area contributed by atoms with Crippen LogP contribution in [0.25, 0.3) is 17.0 Å². The topological polar surface area (TPSA) is 100 Å². The highest BCUT2D eigenvalue weighted by Crippen LogP contribution is 2.26. The van der Waals surface area contributed by atoms with E-state index in [1.807, 2.05) is 4.90 Å². The standard InChI is InChI=1S/C17H19F2N7OS/c1-28(20,27)11-3-2-6-25(9-11)16-7-13(22-10-23-16)14-8-21-15-5-4-12(17(18)19)24-26(14)15/h4-5,7-8,10-11,17,20H,2-3,6,9H2,1H3. The first-order chi connectivity index (χ1) is 13.3. The Labute approximate surface area is 160 Å². The molecule has 3 aromatic heterocycles. The van der Waals surface area contributed by atoms with E-state index in [4.69, 9.17) is 4.78 Å². The second-order valence-electron chi connectivity index (χ2n) is 6.85. The molecule has 1 fully saturated rings. The van der Waals surface area contributed by atoms with Crippen molar-refractivity contribution in [2.45, 2.75) is 24.5 Å². The molecule has 0 saturated carbocycles. The van der Waals surface area contributed by atoms with Crippen LogP contribution in [0.5, 0.6) is 0 Å². The number of imidazole rings is 1. The molecule has 0 amide bonds. The number of hydrogen-bond donors (Lipinski definition) is 1. The zero-order chi connectivity index (χ0) is 19.9. The van der Waals surface area contributed by atoms with Gasteiger partial charge in [0, 0.05) is 35.1 Å². The van der Waals surface area contributed by atoms with Crippen molar-refractivity contribution in [3.05, 3.63) is 36.4 Å². The van der Waals surface area contributed by atoms with Crippen LogP contribution in [0.2, 0.25) is 0 Å². The predicted molar refractivity (Wildman–Crippen MR) is 101 cm³/mol. The maximum atomic E-state index is 13.0. The Bertz CT molecular complexity index is 1120. The molecule has 148 valence electrons. The van der Waals surface area contributed by atoms with E-state index in [0.717, 1.165) is 19.4 Å². The molecule has 4 heterocycles. The van der Waals surface area contributed by atoms with Crippen LogP contribution in [0.15, 0.2) is 30.7 Å². The largest absolute Gasteiger partial charge is 0.355 e. The van der Waals surface area contributed by atoms with E-state index in [1.54, 1.807) is 6.07 Å². The lowest BCUT2D eigenvalue weighted by atomic mass is 10.1. The van der Waals surface area contributed by atoms with Crippen molar-refractivity contribution in [2.75, 3.05) is 24.2 Å². The number of hydrogen-bond acceptors (Lipinski definition) is 7. The number of halogens is 2. The van der Waals surface area contributed by atoms with Crippen LogP contribution in [0.4, 0.5) is 14.6 Å². The highest BCUT2D eigenvalue weighted by Gasteiger charge is 2.26. The SMILES string of the molecule is CS(=N)(=O)C1CCCN(c2cc(-c3cnc4ccc(C(F)F)nn34)ncn2)C1. The molecule has 8 nitrogen and oxygen atoms in total. The van der Waals surface area contributed by atoms with Gasteiger partial charge < -0.3 is 4.90 Å². The van der Waals surface area contributed by atoms with Crippen LogP contribution < -0.4 is 4.90 Å².